The Morgan fingerprint density at radius 3 is 2.56 bits per heavy atom. The summed E-state index contributed by atoms with van der Waals surface area (Å²) in [5.41, 5.74) is -0.0216. The van der Waals surface area contributed by atoms with Crippen molar-refractivity contribution < 1.29 is 33.7 Å². The second-order valence-corrected chi connectivity index (χ2v) is 6.51. The molecule has 0 heterocycles. The number of nitrogens with zero attached hydrogens (tertiary/aromatic N) is 1. The van der Waals surface area contributed by atoms with E-state index in [0.717, 1.165) is 0 Å². The smallest absolute Gasteiger partial charge is 0.343 e. The molecule has 0 aliphatic carbocycles. The molecule has 0 spiro atoms. The molecule has 10 heteroatoms. The van der Waals surface area contributed by atoms with Crippen molar-refractivity contribution in [3.05, 3.63) is 58.1 Å². The molecule has 0 aliphatic heterocycles. The third-order valence-corrected chi connectivity index (χ3v) is 4.26. The van der Waals surface area contributed by atoms with Crippen molar-refractivity contribution in [1.29, 1.82) is 5.26 Å². The zero-order valence-electron chi connectivity index (χ0n) is 17.2. The predicted molar refractivity (Wildman–Crippen MR) is 116 cm³/mol. The average molecular weight is 459 g/mol. The van der Waals surface area contributed by atoms with Crippen LogP contribution in [0, 0.1) is 11.3 Å². The molecule has 0 saturated heterocycles. The van der Waals surface area contributed by atoms with Gasteiger partial charge in [-0.15, -0.1) is 0 Å². The van der Waals surface area contributed by atoms with Gasteiger partial charge in [-0.05, 0) is 42.8 Å². The molecule has 2 rings (SSSR count). The predicted octanol–water partition coefficient (Wildman–Crippen LogP) is 3.53. The monoisotopic (exact) mass is 458 g/mol. The van der Waals surface area contributed by atoms with E-state index in [4.69, 9.17) is 21.1 Å². The second kappa shape index (κ2) is 11.4. The molecule has 2 aromatic carbocycles. The number of hydrogen-bond donors (Lipinski definition) is 2. The van der Waals surface area contributed by atoms with Crippen LogP contribution in [0.1, 0.15) is 22.8 Å². The Labute approximate surface area is 188 Å². The Balaban J connectivity index is 2.35. The summed E-state index contributed by atoms with van der Waals surface area (Å²) < 4.78 is 15.4. The van der Waals surface area contributed by atoms with E-state index in [0.29, 0.717) is 5.56 Å². The summed E-state index contributed by atoms with van der Waals surface area (Å²) in [6.07, 6.45) is 1.26. The van der Waals surface area contributed by atoms with Crippen molar-refractivity contribution in [1.82, 2.24) is 0 Å². The van der Waals surface area contributed by atoms with Crippen LogP contribution in [0.5, 0.6) is 11.5 Å². The second-order valence-electron chi connectivity index (χ2n) is 6.10. The Bertz CT molecular complexity index is 1110. The minimum absolute atomic E-state index is 0.0470. The molecule has 0 aliphatic rings. The molecule has 9 nitrogen and oxygen atoms in total. The fourth-order valence-electron chi connectivity index (χ4n) is 2.55. The number of esters is 1. The van der Waals surface area contributed by atoms with E-state index < -0.39 is 17.8 Å². The summed E-state index contributed by atoms with van der Waals surface area (Å²) in [5, 5.41) is 21.2. The number of nitrogens with one attached hydrogen (secondary N) is 1. The van der Waals surface area contributed by atoms with Crippen LogP contribution in [-0.2, 0) is 14.3 Å². The molecule has 0 aromatic heterocycles. The van der Waals surface area contributed by atoms with Crippen molar-refractivity contribution >= 4 is 41.2 Å². The van der Waals surface area contributed by atoms with Crippen LogP contribution < -0.4 is 14.8 Å². The Kier molecular flexibility index (Phi) is 8.63. The summed E-state index contributed by atoms with van der Waals surface area (Å²) in [5.74, 6) is -2.34. The molecule has 0 bridgehead atoms. The number of amides is 1. The van der Waals surface area contributed by atoms with E-state index >= 15 is 0 Å². The minimum atomic E-state index is -1.22. The number of benzene rings is 2. The lowest BCUT2D eigenvalue weighted by Crippen LogP contribution is -2.16. The van der Waals surface area contributed by atoms with Crippen molar-refractivity contribution in [2.75, 3.05) is 25.6 Å². The highest BCUT2D eigenvalue weighted by Gasteiger charge is 2.17. The third kappa shape index (κ3) is 6.23. The summed E-state index contributed by atoms with van der Waals surface area (Å²) in [6, 6.07) is 10.5. The molecule has 1 amide bonds. The van der Waals surface area contributed by atoms with Gasteiger partial charge in [0.25, 0.3) is 5.91 Å². The first-order valence-corrected chi connectivity index (χ1v) is 9.59. The number of hydrogen-bond acceptors (Lipinski definition) is 7. The zero-order valence-corrected chi connectivity index (χ0v) is 17.9. The van der Waals surface area contributed by atoms with Crippen LogP contribution in [-0.4, -0.2) is 43.3 Å². The zero-order chi connectivity index (χ0) is 23.7. The summed E-state index contributed by atoms with van der Waals surface area (Å²) in [6.45, 7) is 1.60. The number of nitriles is 1. The van der Waals surface area contributed by atoms with Gasteiger partial charge < -0.3 is 24.6 Å². The van der Waals surface area contributed by atoms with Crippen LogP contribution >= 0.6 is 11.6 Å². The van der Waals surface area contributed by atoms with Crippen LogP contribution in [0.3, 0.4) is 0 Å². The highest BCUT2D eigenvalue weighted by atomic mass is 35.5. The molecule has 0 unspecified atom stereocenters. The first-order chi connectivity index (χ1) is 15.3. The van der Waals surface area contributed by atoms with E-state index in [2.05, 4.69) is 10.1 Å². The van der Waals surface area contributed by atoms with Crippen LogP contribution in [0.4, 0.5) is 5.69 Å². The highest BCUT2D eigenvalue weighted by Crippen LogP contribution is 2.37. The standard InChI is InChI=1S/C22H19ClN2O7/c1-3-31-18-10-13(9-16(23)20(18)32-12-19(26)30-2)8-14(11-24)21(27)25-17-7-5-4-6-15(17)22(28)29/h4-10H,3,12H2,1-2H3,(H,25,27)(H,28,29). The number of anilines is 1. The summed E-state index contributed by atoms with van der Waals surface area (Å²) >= 11 is 6.25. The van der Waals surface area contributed by atoms with Gasteiger partial charge in [0.15, 0.2) is 18.1 Å². The molecule has 2 N–H and O–H groups in total. The molecule has 0 saturated carbocycles. The first-order valence-electron chi connectivity index (χ1n) is 9.22. The van der Waals surface area contributed by atoms with Crippen molar-refractivity contribution in [2.24, 2.45) is 0 Å². The van der Waals surface area contributed by atoms with E-state index in [1.54, 1.807) is 19.1 Å². The molecule has 32 heavy (non-hydrogen) atoms. The Hall–Kier alpha value is -4.03. The Morgan fingerprint density at radius 1 is 1.22 bits per heavy atom. The van der Waals surface area contributed by atoms with Crippen molar-refractivity contribution in [3.8, 4) is 17.6 Å². The van der Waals surface area contributed by atoms with Gasteiger partial charge in [0, 0.05) is 0 Å². The van der Waals surface area contributed by atoms with Gasteiger partial charge in [-0.2, -0.15) is 5.26 Å². The van der Waals surface area contributed by atoms with Gasteiger partial charge >= 0.3 is 11.9 Å². The minimum Gasteiger partial charge on any atom is -0.490 e. The molecule has 0 fully saturated rings. The lowest BCUT2D eigenvalue weighted by atomic mass is 10.1. The van der Waals surface area contributed by atoms with E-state index in [-0.39, 0.29) is 46.6 Å². The molecule has 0 atom stereocenters. The number of carbonyl (C=O) groups excluding carboxylic acids is 2. The van der Waals surface area contributed by atoms with Gasteiger partial charge in [-0.1, -0.05) is 23.7 Å². The van der Waals surface area contributed by atoms with Crippen LogP contribution in [0.25, 0.3) is 6.08 Å². The normalized spacial score (nSPS) is 10.6. The van der Waals surface area contributed by atoms with Gasteiger partial charge in [0.1, 0.15) is 11.6 Å². The number of halogens is 1. The summed E-state index contributed by atoms with van der Waals surface area (Å²) in [4.78, 5) is 35.2. The number of ether oxygens (including phenoxy) is 3. The van der Waals surface area contributed by atoms with E-state index in [9.17, 15) is 24.8 Å². The number of methoxy groups -OCH3 is 1. The fourth-order valence-corrected chi connectivity index (χ4v) is 2.82. The van der Waals surface area contributed by atoms with Crippen LogP contribution in [0.2, 0.25) is 5.02 Å². The quantitative estimate of drug-likeness (QED) is 0.331. The maximum Gasteiger partial charge on any atom is 0.343 e. The summed E-state index contributed by atoms with van der Waals surface area (Å²) in [7, 11) is 1.22. The number of carboxylic acids is 1. The average Bonchev–Trinajstić information content (AvgIpc) is 2.76. The molecular formula is C22H19ClN2O7. The van der Waals surface area contributed by atoms with E-state index in [1.807, 2.05) is 0 Å². The lowest BCUT2D eigenvalue weighted by molar-refractivity contribution is -0.142. The SMILES string of the molecule is CCOc1cc(C=C(C#N)C(=O)Nc2ccccc2C(=O)O)cc(Cl)c1OCC(=O)OC. The highest BCUT2D eigenvalue weighted by molar-refractivity contribution is 6.32. The third-order valence-electron chi connectivity index (χ3n) is 3.98. The van der Waals surface area contributed by atoms with E-state index in [1.165, 1.54) is 43.5 Å². The number of carbonyl (C=O) groups is 3. The lowest BCUT2D eigenvalue weighted by Gasteiger charge is -2.14. The van der Waals surface area contributed by atoms with Gasteiger partial charge in [0.2, 0.25) is 0 Å². The van der Waals surface area contributed by atoms with Crippen molar-refractivity contribution in [2.45, 2.75) is 6.92 Å². The largest absolute Gasteiger partial charge is 0.490 e. The van der Waals surface area contributed by atoms with Crippen molar-refractivity contribution in [3.63, 3.8) is 0 Å². The van der Waals surface area contributed by atoms with Gasteiger partial charge in [0.05, 0.1) is 30.0 Å². The molecule has 166 valence electrons. The molecule has 2 aromatic rings. The number of rotatable bonds is 9. The molecular weight excluding hydrogens is 440 g/mol. The number of para-hydroxylation sites is 1. The molecule has 0 radical (unpaired) electrons. The first kappa shape index (κ1) is 24.2. The fraction of sp³-hybridized carbons (Fsp3) is 0.182. The van der Waals surface area contributed by atoms with Gasteiger partial charge in [-0.3, -0.25) is 4.79 Å². The Morgan fingerprint density at radius 2 is 1.94 bits per heavy atom. The van der Waals surface area contributed by atoms with Crippen LogP contribution in [0.15, 0.2) is 42.0 Å². The van der Waals surface area contributed by atoms with Gasteiger partial charge in [-0.25, -0.2) is 9.59 Å². The number of carboxylic acid groups (broad SMARTS) is 1. The number of aromatic carboxylic acids is 1. The maximum absolute atomic E-state index is 12.6. The topological polar surface area (TPSA) is 135 Å². The maximum atomic E-state index is 12.6.